The topological polar surface area (TPSA) is 42.3 Å². The maximum atomic E-state index is 14.8. The van der Waals surface area contributed by atoms with Crippen molar-refractivity contribution in [3.63, 3.8) is 0 Å². The highest BCUT2D eigenvalue weighted by atomic mass is 32.1. The van der Waals surface area contributed by atoms with Crippen molar-refractivity contribution in [1.29, 1.82) is 0 Å². The number of halogens is 1. The van der Waals surface area contributed by atoms with Gasteiger partial charge in [0, 0.05) is 23.3 Å². The molecule has 34 heavy (non-hydrogen) atoms. The summed E-state index contributed by atoms with van der Waals surface area (Å²) in [6.45, 7) is 4.02. The van der Waals surface area contributed by atoms with E-state index in [4.69, 9.17) is 17.0 Å². The molecule has 1 aliphatic rings. The fourth-order valence-electron chi connectivity index (χ4n) is 4.78. The van der Waals surface area contributed by atoms with E-state index >= 15 is 0 Å². The lowest BCUT2D eigenvalue weighted by molar-refractivity contribution is 0.415. The minimum absolute atomic E-state index is 0.176. The molecule has 0 spiro atoms. The summed E-state index contributed by atoms with van der Waals surface area (Å²) in [5.41, 5.74) is 5.32. The molecule has 1 fully saturated rings. The molecule has 5 rings (SSSR count). The number of hydrogen-bond donors (Lipinski definition) is 1. The minimum atomic E-state index is -0.260. The van der Waals surface area contributed by atoms with Crippen LogP contribution < -0.4 is 15.0 Å². The number of rotatable bonds is 5. The number of methoxy groups -OCH3 is 1. The summed E-state index contributed by atoms with van der Waals surface area (Å²) in [5, 5.41) is 4.10. The third-order valence-corrected chi connectivity index (χ3v) is 6.65. The van der Waals surface area contributed by atoms with Crippen LogP contribution in [0, 0.1) is 19.7 Å². The van der Waals surface area contributed by atoms with Crippen molar-refractivity contribution in [2.24, 2.45) is 0 Å². The zero-order valence-corrected chi connectivity index (χ0v) is 20.0. The van der Waals surface area contributed by atoms with Crippen LogP contribution >= 0.6 is 12.2 Å². The smallest absolute Gasteiger partial charge is 0.174 e. The van der Waals surface area contributed by atoms with Gasteiger partial charge in [0.05, 0.1) is 30.6 Å². The van der Waals surface area contributed by atoms with E-state index < -0.39 is 0 Å². The Morgan fingerprint density at radius 1 is 1.00 bits per heavy atom. The molecule has 2 atom stereocenters. The first-order valence-corrected chi connectivity index (χ1v) is 11.5. The van der Waals surface area contributed by atoms with Crippen LogP contribution in [0.4, 0.5) is 10.1 Å². The number of thiocarbonyl (C=S) groups is 1. The summed E-state index contributed by atoms with van der Waals surface area (Å²) >= 11 is 5.82. The van der Waals surface area contributed by atoms with E-state index in [0.29, 0.717) is 10.8 Å². The first-order valence-electron chi connectivity index (χ1n) is 11.1. The van der Waals surface area contributed by atoms with Gasteiger partial charge in [-0.05, 0) is 86.2 Å². The van der Waals surface area contributed by atoms with Crippen LogP contribution in [0.25, 0.3) is 5.69 Å². The fraction of sp³-hybridized carbons (Fsp3) is 0.185. The molecular formula is C27H25FN4OS. The van der Waals surface area contributed by atoms with Crippen LogP contribution in [0.15, 0.2) is 79.0 Å². The van der Waals surface area contributed by atoms with Gasteiger partial charge in [0.25, 0.3) is 0 Å². The van der Waals surface area contributed by atoms with Crippen LogP contribution in [0.1, 0.15) is 34.7 Å². The quantitative estimate of drug-likeness (QED) is 0.371. The summed E-state index contributed by atoms with van der Waals surface area (Å²) in [6, 6.07) is 22.3. The van der Waals surface area contributed by atoms with Crippen molar-refractivity contribution in [2.45, 2.75) is 25.9 Å². The molecule has 1 saturated heterocycles. The summed E-state index contributed by atoms with van der Waals surface area (Å²) in [6.07, 6.45) is 1.79. The molecule has 0 aliphatic carbocycles. The van der Waals surface area contributed by atoms with Gasteiger partial charge in [-0.25, -0.2) is 4.39 Å². The van der Waals surface area contributed by atoms with E-state index in [2.05, 4.69) is 21.3 Å². The van der Waals surface area contributed by atoms with E-state index in [0.717, 1.165) is 34.1 Å². The van der Waals surface area contributed by atoms with Gasteiger partial charge in [0.15, 0.2) is 5.11 Å². The largest absolute Gasteiger partial charge is 0.497 e. The Bertz CT molecular complexity index is 1340. The zero-order chi connectivity index (χ0) is 23.8. The summed E-state index contributed by atoms with van der Waals surface area (Å²) < 4.78 is 22.1. The first-order chi connectivity index (χ1) is 16.5. The highest BCUT2D eigenvalue weighted by Gasteiger charge is 2.42. The molecule has 4 aromatic rings. The number of aryl methyl sites for hydroxylation is 1. The Morgan fingerprint density at radius 3 is 2.41 bits per heavy atom. The van der Waals surface area contributed by atoms with Gasteiger partial charge >= 0.3 is 0 Å². The van der Waals surface area contributed by atoms with E-state index in [9.17, 15) is 4.39 Å². The number of nitrogens with one attached hydrogen (secondary N) is 1. The number of pyridine rings is 1. The van der Waals surface area contributed by atoms with Gasteiger partial charge in [0.2, 0.25) is 0 Å². The SMILES string of the molecule is COc1ccc(N2C(=S)N[C@@H](c3ccccn3)[C@H]2c2cc(C)n(-c3ccccc3F)c2C)cc1. The van der Waals surface area contributed by atoms with Crippen LogP contribution in [0.2, 0.25) is 0 Å². The molecule has 172 valence electrons. The number of para-hydroxylation sites is 1. The van der Waals surface area contributed by atoms with E-state index in [1.165, 1.54) is 6.07 Å². The lowest BCUT2D eigenvalue weighted by Crippen LogP contribution is -2.29. The second-order valence-corrected chi connectivity index (χ2v) is 8.69. The molecule has 0 amide bonds. The first kappa shape index (κ1) is 22.1. The number of hydrogen-bond acceptors (Lipinski definition) is 3. The molecule has 0 radical (unpaired) electrons. The van der Waals surface area contributed by atoms with Gasteiger partial charge in [-0.1, -0.05) is 18.2 Å². The second kappa shape index (κ2) is 8.91. The van der Waals surface area contributed by atoms with Gasteiger partial charge in [-0.15, -0.1) is 0 Å². The second-order valence-electron chi connectivity index (χ2n) is 8.31. The molecule has 0 saturated carbocycles. The standard InChI is InChI=1S/C27H25FN4OS/c1-17-16-21(18(2)31(17)24-10-5-4-8-22(24)28)26-25(23-9-6-7-15-29-23)30-27(34)32(26)19-11-13-20(33-3)14-12-19/h4-16,25-26H,1-3H3,(H,30,34)/t25-,26+/m0/s1. The molecule has 0 bridgehead atoms. The summed E-state index contributed by atoms with van der Waals surface area (Å²) in [7, 11) is 1.65. The number of ether oxygens (including phenoxy) is 1. The monoisotopic (exact) mass is 472 g/mol. The maximum absolute atomic E-state index is 14.8. The molecule has 0 unspecified atom stereocenters. The Labute approximate surface area is 203 Å². The average molecular weight is 473 g/mol. The molecule has 2 aromatic heterocycles. The Kier molecular flexibility index (Phi) is 5.79. The van der Waals surface area contributed by atoms with Crippen molar-refractivity contribution in [2.75, 3.05) is 12.0 Å². The van der Waals surface area contributed by atoms with Crippen molar-refractivity contribution >= 4 is 23.0 Å². The number of benzene rings is 2. The molecular weight excluding hydrogens is 447 g/mol. The lowest BCUT2D eigenvalue weighted by atomic mass is 9.96. The Balaban J connectivity index is 1.68. The fourth-order valence-corrected chi connectivity index (χ4v) is 5.13. The van der Waals surface area contributed by atoms with Crippen molar-refractivity contribution in [1.82, 2.24) is 14.9 Å². The molecule has 2 aromatic carbocycles. The van der Waals surface area contributed by atoms with Crippen molar-refractivity contribution in [3.05, 3.63) is 107 Å². The third kappa shape index (κ3) is 3.72. The minimum Gasteiger partial charge on any atom is -0.497 e. The van der Waals surface area contributed by atoms with Crippen LogP contribution in [-0.4, -0.2) is 21.8 Å². The van der Waals surface area contributed by atoms with Gasteiger partial charge < -0.3 is 19.5 Å². The zero-order valence-electron chi connectivity index (χ0n) is 19.2. The molecule has 5 nitrogen and oxygen atoms in total. The van der Waals surface area contributed by atoms with Crippen LogP contribution in [0.3, 0.4) is 0 Å². The Hall–Kier alpha value is -3.71. The van der Waals surface area contributed by atoms with Crippen LogP contribution in [-0.2, 0) is 0 Å². The normalized spacial score (nSPS) is 17.6. The highest BCUT2D eigenvalue weighted by Crippen LogP contribution is 2.44. The van der Waals surface area contributed by atoms with Gasteiger partial charge in [-0.3, -0.25) is 4.98 Å². The molecule has 1 N–H and O–H groups in total. The van der Waals surface area contributed by atoms with Gasteiger partial charge in [-0.2, -0.15) is 0 Å². The summed E-state index contributed by atoms with van der Waals surface area (Å²) in [5.74, 6) is 0.515. The van der Waals surface area contributed by atoms with Crippen molar-refractivity contribution < 1.29 is 9.13 Å². The number of anilines is 1. The van der Waals surface area contributed by atoms with E-state index in [1.54, 1.807) is 25.4 Å². The predicted octanol–water partition coefficient (Wildman–Crippen LogP) is 5.81. The number of nitrogens with zero attached hydrogens (tertiary/aromatic N) is 3. The average Bonchev–Trinajstić information content (AvgIpc) is 3.35. The maximum Gasteiger partial charge on any atom is 0.174 e. The Morgan fingerprint density at radius 2 is 1.74 bits per heavy atom. The van der Waals surface area contributed by atoms with Crippen LogP contribution in [0.5, 0.6) is 5.75 Å². The molecule has 1 aliphatic heterocycles. The summed E-state index contributed by atoms with van der Waals surface area (Å²) in [4.78, 5) is 6.73. The predicted molar refractivity (Wildman–Crippen MR) is 136 cm³/mol. The van der Waals surface area contributed by atoms with E-state index in [-0.39, 0.29) is 17.9 Å². The molecule has 3 heterocycles. The highest BCUT2D eigenvalue weighted by molar-refractivity contribution is 7.80. The van der Waals surface area contributed by atoms with Gasteiger partial charge in [0.1, 0.15) is 11.6 Å². The van der Waals surface area contributed by atoms with E-state index in [1.807, 2.05) is 66.9 Å². The molecule has 7 heteroatoms. The lowest BCUT2D eigenvalue weighted by Gasteiger charge is -2.28. The van der Waals surface area contributed by atoms with Crippen molar-refractivity contribution in [3.8, 4) is 11.4 Å². The third-order valence-electron chi connectivity index (χ3n) is 6.33. The number of aromatic nitrogens is 2.